The largest absolute Gasteiger partial charge is 0.465 e. The Bertz CT molecular complexity index is 463. The topological polar surface area (TPSA) is 91.5 Å². The molecule has 0 bridgehead atoms. The summed E-state index contributed by atoms with van der Waals surface area (Å²) in [6.07, 6.45) is 2.18. The molecule has 0 aromatic carbocycles. The van der Waals surface area contributed by atoms with Gasteiger partial charge in [-0.15, -0.1) is 0 Å². The molecular formula is C12H17FN4O2. The Kier molecular flexibility index (Phi) is 3.73. The van der Waals surface area contributed by atoms with E-state index in [9.17, 15) is 9.18 Å². The summed E-state index contributed by atoms with van der Waals surface area (Å²) in [5.41, 5.74) is 6.33. The van der Waals surface area contributed by atoms with Crippen LogP contribution in [0.25, 0.3) is 0 Å². The zero-order chi connectivity index (χ0) is 14.0. The van der Waals surface area contributed by atoms with Gasteiger partial charge in [0.1, 0.15) is 0 Å². The number of nitrogen functional groups attached to an aromatic ring is 1. The van der Waals surface area contributed by atoms with Crippen molar-refractivity contribution in [2.75, 3.05) is 23.7 Å². The average Bonchev–Trinajstić information content (AvgIpc) is 2.26. The van der Waals surface area contributed by atoms with Gasteiger partial charge in [0.2, 0.25) is 0 Å². The highest BCUT2D eigenvalue weighted by atomic mass is 19.1. The van der Waals surface area contributed by atoms with Gasteiger partial charge in [0, 0.05) is 19.1 Å². The van der Waals surface area contributed by atoms with Crippen molar-refractivity contribution >= 4 is 17.5 Å². The number of carboxylic acid groups (broad SMARTS) is 1. The molecule has 19 heavy (non-hydrogen) atoms. The van der Waals surface area contributed by atoms with E-state index >= 15 is 0 Å². The molecule has 1 aliphatic heterocycles. The number of halogens is 1. The lowest BCUT2D eigenvalue weighted by Crippen LogP contribution is -2.50. The number of nitrogens with zero attached hydrogens (tertiary/aromatic N) is 2. The van der Waals surface area contributed by atoms with E-state index in [1.807, 2.05) is 6.92 Å². The molecule has 0 saturated carbocycles. The summed E-state index contributed by atoms with van der Waals surface area (Å²) in [6.45, 7) is 3.04. The number of rotatable bonds is 2. The fraction of sp³-hybridized carbons (Fsp3) is 0.500. The maximum Gasteiger partial charge on any atom is 0.404 e. The van der Waals surface area contributed by atoms with Crippen molar-refractivity contribution in [3.05, 3.63) is 18.2 Å². The van der Waals surface area contributed by atoms with Crippen LogP contribution in [0, 0.1) is 11.7 Å². The molecule has 104 valence electrons. The molecule has 0 unspecified atom stereocenters. The Morgan fingerprint density at radius 3 is 2.95 bits per heavy atom. The van der Waals surface area contributed by atoms with Crippen molar-refractivity contribution in [2.45, 2.75) is 19.4 Å². The van der Waals surface area contributed by atoms with Crippen LogP contribution < -0.4 is 16.0 Å². The van der Waals surface area contributed by atoms with Crippen LogP contribution in [0.4, 0.5) is 20.6 Å². The van der Waals surface area contributed by atoms with Crippen molar-refractivity contribution in [3.8, 4) is 0 Å². The number of pyridine rings is 1. The van der Waals surface area contributed by atoms with E-state index in [0.717, 1.165) is 12.6 Å². The number of amides is 1. The summed E-state index contributed by atoms with van der Waals surface area (Å²) in [5.74, 6) is -0.235. The first-order valence-corrected chi connectivity index (χ1v) is 6.10. The van der Waals surface area contributed by atoms with Gasteiger partial charge in [-0.05, 0) is 12.3 Å². The molecule has 1 aliphatic rings. The third-order valence-electron chi connectivity index (χ3n) is 3.20. The molecule has 4 N–H and O–H groups in total. The van der Waals surface area contributed by atoms with Crippen LogP contribution >= 0.6 is 0 Å². The lowest BCUT2D eigenvalue weighted by atomic mass is 9.95. The Labute approximate surface area is 110 Å². The van der Waals surface area contributed by atoms with Crippen LogP contribution in [0.5, 0.6) is 0 Å². The van der Waals surface area contributed by atoms with Crippen molar-refractivity contribution in [3.63, 3.8) is 0 Å². The van der Waals surface area contributed by atoms with Gasteiger partial charge in [-0.1, -0.05) is 6.92 Å². The monoisotopic (exact) mass is 268 g/mol. The molecule has 1 aromatic heterocycles. The van der Waals surface area contributed by atoms with E-state index < -0.39 is 11.9 Å². The van der Waals surface area contributed by atoms with Crippen molar-refractivity contribution < 1.29 is 14.3 Å². The van der Waals surface area contributed by atoms with Gasteiger partial charge in [0.25, 0.3) is 0 Å². The molecule has 1 saturated heterocycles. The lowest BCUT2D eigenvalue weighted by molar-refractivity contribution is 0.186. The van der Waals surface area contributed by atoms with Crippen LogP contribution in [-0.4, -0.2) is 35.3 Å². The van der Waals surface area contributed by atoms with Crippen LogP contribution in [-0.2, 0) is 0 Å². The van der Waals surface area contributed by atoms with Crippen LogP contribution in [0.15, 0.2) is 12.4 Å². The number of hydrogen-bond donors (Lipinski definition) is 3. The first-order valence-electron chi connectivity index (χ1n) is 6.10. The second-order valence-electron chi connectivity index (χ2n) is 4.95. The Balaban J connectivity index is 2.21. The molecular weight excluding hydrogens is 251 g/mol. The first kappa shape index (κ1) is 13.4. The minimum absolute atomic E-state index is 0.229. The SMILES string of the molecule is C[C@@H]1C[C@H](NC(=O)O)CN(c2c(N)cncc2F)C1. The van der Waals surface area contributed by atoms with Gasteiger partial charge in [-0.2, -0.15) is 0 Å². The van der Waals surface area contributed by atoms with Gasteiger partial charge < -0.3 is 21.1 Å². The number of hydrogen-bond acceptors (Lipinski definition) is 4. The predicted octanol–water partition coefficient (Wildman–Crippen LogP) is 1.29. The summed E-state index contributed by atoms with van der Waals surface area (Å²) in [5, 5.41) is 11.2. The van der Waals surface area contributed by atoms with Crippen molar-refractivity contribution in [1.82, 2.24) is 10.3 Å². The van der Waals surface area contributed by atoms with Gasteiger partial charge >= 0.3 is 6.09 Å². The second kappa shape index (κ2) is 5.29. The van der Waals surface area contributed by atoms with Gasteiger partial charge in [-0.25, -0.2) is 9.18 Å². The molecule has 0 aliphatic carbocycles. The fourth-order valence-electron chi connectivity index (χ4n) is 2.59. The smallest absolute Gasteiger partial charge is 0.404 e. The molecule has 2 atom stereocenters. The minimum atomic E-state index is -1.07. The molecule has 2 rings (SSSR count). The molecule has 1 amide bonds. The number of aromatic nitrogens is 1. The average molecular weight is 268 g/mol. The highest BCUT2D eigenvalue weighted by Gasteiger charge is 2.28. The van der Waals surface area contributed by atoms with Crippen molar-refractivity contribution in [2.24, 2.45) is 5.92 Å². The van der Waals surface area contributed by atoms with Gasteiger partial charge in [0.15, 0.2) is 5.82 Å². The second-order valence-corrected chi connectivity index (χ2v) is 4.95. The van der Waals surface area contributed by atoms with E-state index in [-0.39, 0.29) is 17.6 Å². The minimum Gasteiger partial charge on any atom is -0.465 e. The normalized spacial score (nSPS) is 23.2. The van der Waals surface area contributed by atoms with E-state index in [2.05, 4.69) is 10.3 Å². The Hall–Kier alpha value is -2.05. The number of anilines is 2. The zero-order valence-corrected chi connectivity index (χ0v) is 10.6. The first-order chi connectivity index (χ1) is 8.97. The number of piperidine rings is 1. The molecule has 1 fully saturated rings. The quantitative estimate of drug-likeness (QED) is 0.751. The molecule has 7 heteroatoms. The number of carbonyl (C=O) groups is 1. The van der Waals surface area contributed by atoms with E-state index in [4.69, 9.17) is 10.8 Å². The predicted molar refractivity (Wildman–Crippen MR) is 69.5 cm³/mol. The van der Waals surface area contributed by atoms with E-state index in [0.29, 0.717) is 18.8 Å². The van der Waals surface area contributed by atoms with Crippen LogP contribution in [0.3, 0.4) is 0 Å². The molecule has 2 heterocycles. The Morgan fingerprint density at radius 1 is 1.58 bits per heavy atom. The Morgan fingerprint density at radius 2 is 2.32 bits per heavy atom. The van der Waals surface area contributed by atoms with Crippen LogP contribution in [0.1, 0.15) is 13.3 Å². The maximum absolute atomic E-state index is 13.8. The summed E-state index contributed by atoms with van der Waals surface area (Å²) >= 11 is 0. The standard InChI is InChI=1S/C12H17FN4O2/c1-7-2-8(16-12(18)19)6-17(5-7)11-9(13)3-15-4-10(11)14/h3-4,7-8,16H,2,5-6,14H2,1H3,(H,18,19)/t7-,8+/m1/s1. The summed E-state index contributed by atoms with van der Waals surface area (Å²) in [4.78, 5) is 16.2. The maximum atomic E-state index is 13.8. The lowest BCUT2D eigenvalue weighted by Gasteiger charge is -2.38. The zero-order valence-electron chi connectivity index (χ0n) is 10.6. The third kappa shape index (κ3) is 3.04. The third-order valence-corrected chi connectivity index (χ3v) is 3.20. The summed E-state index contributed by atoms with van der Waals surface area (Å²) in [7, 11) is 0. The number of nitrogens with one attached hydrogen (secondary N) is 1. The van der Waals surface area contributed by atoms with E-state index in [1.165, 1.54) is 6.20 Å². The fourth-order valence-corrected chi connectivity index (χ4v) is 2.59. The molecule has 1 aromatic rings. The van der Waals surface area contributed by atoms with Gasteiger partial charge in [0.05, 0.1) is 23.8 Å². The summed E-state index contributed by atoms with van der Waals surface area (Å²) in [6, 6.07) is -0.229. The highest BCUT2D eigenvalue weighted by Crippen LogP contribution is 2.29. The number of nitrogens with two attached hydrogens (primary N) is 1. The van der Waals surface area contributed by atoms with Crippen molar-refractivity contribution in [1.29, 1.82) is 0 Å². The summed E-state index contributed by atoms with van der Waals surface area (Å²) < 4.78 is 13.8. The highest BCUT2D eigenvalue weighted by molar-refractivity contribution is 5.68. The molecule has 0 radical (unpaired) electrons. The van der Waals surface area contributed by atoms with Gasteiger partial charge in [-0.3, -0.25) is 4.98 Å². The molecule has 0 spiro atoms. The van der Waals surface area contributed by atoms with E-state index in [1.54, 1.807) is 4.90 Å². The van der Waals surface area contributed by atoms with Crippen LogP contribution in [0.2, 0.25) is 0 Å². The molecule has 6 nitrogen and oxygen atoms in total.